The molecule has 0 aliphatic heterocycles. The van der Waals surface area contributed by atoms with Crippen molar-refractivity contribution >= 4 is 94.2 Å². The summed E-state index contributed by atoms with van der Waals surface area (Å²) < 4.78 is 7.27. The molecule has 70 heavy (non-hydrogen) atoms. The van der Waals surface area contributed by atoms with Gasteiger partial charge in [0.15, 0.2) is 8.07 Å². The second kappa shape index (κ2) is 16.1. The fourth-order valence-electron chi connectivity index (χ4n) is 11.8. The van der Waals surface area contributed by atoms with Crippen LogP contribution in [0.4, 0.5) is 0 Å². The average Bonchev–Trinajstić information content (AvgIpc) is 4.08. The maximum atomic E-state index is 2.47. The van der Waals surface area contributed by atoms with Crippen LogP contribution in [0.2, 0.25) is 0 Å². The van der Waals surface area contributed by atoms with Gasteiger partial charge in [-0.15, -0.1) is 0 Å². The molecule has 0 aliphatic rings. The topological polar surface area (TPSA) is 14.8 Å². The molecule has 0 bridgehead atoms. The molecule has 0 radical (unpaired) electrons. The van der Waals surface area contributed by atoms with E-state index in [9.17, 15) is 0 Å². The third-order valence-corrected chi connectivity index (χ3v) is 19.6. The summed E-state index contributed by atoms with van der Waals surface area (Å²) >= 11 is 0. The lowest BCUT2D eigenvalue weighted by atomic mass is 10.0. The van der Waals surface area contributed by atoms with E-state index in [2.05, 4.69) is 287 Å². The predicted octanol–water partition coefficient (Wildman–Crippen LogP) is 14.0. The van der Waals surface area contributed by atoms with Crippen molar-refractivity contribution in [2.45, 2.75) is 0 Å². The highest BCUT2D eigenvalue weighted by molar-refractivity contribution is 7.19. The number of benzene rings is 11. The van der Waals surface area contributed by atoms with E-state index >= 15 is 0 Å². The largest absolute Gasteiger partial charge is 0.309 e. The SMILES string of the molecule is c1ccc(-n2c3ccccc3c3cc(-c4ccc([Si](c5ccccc5)(c5ccccc5)c5ccc(-n6c7ccccc7c7c8c9ccccc9n(-c9ccccc9)c8ccc76)cc5)cc4)ccc32)cc1. The molecule has 0 fully saturated rings. The number of nitrogens with zero attached hydrogens (tertiary/aromatic N) is 3. The first-order chi connectivity index (χ1) is 34.8. The lowest BCUT2D eigenvalue weighted by Gasteiger charge is -2.34. The third-order valence-electron chi connectivity index (χ3n) is 14.8. The molecule has 0 N–H and O–H groups in total. The zero-order valence-electron chi connectivity index (χ0n) is 38.3. The first-order valence-electron chi connectivity index (χ1n) is 24.2. The van der Waals surface area contributed by atoms with Crippen LogP contribution in [0.1, 0.15) is 0 Å². The molecule has 0 unspecified atom stereocenters. The molecule has 3 heterocycles. The molecule has 0 aliphatic carbocycles. The summed E-state index contributed by atoms with van der Waals surface area (Å²) in [5, 5.41) is 13.0. The van der Waals surface area contributed by atoms with Gasteiger partial charge >= 0.3 is 0 Å². The fraction of sp³-hybridized carbons (Fsp3) is 0. The van der Waals surface area contributed by atoms with E-state index in [0.717, 1.165) is 11.4 Å². The van der Waals surface area contributed by atoms with Crippen molar-refractivity contribution in [3.05, 3.63) is 273 Å². The van der Waals surface area contributed by atoms with Crippen molar-refractivity contribution in [1.82, 2.24) is 13.7 Å². The van der Waals surface area contributed by atoms with Crippen LogP contribution in [0, 0.1) is 0 Å². The quantitative estimate of drug-likeness (QED) is 0.107. The molecule has 0 saturated carbocycles. The highest BCUT2D eigenvalue weighted by Crippen LogP contribution is 2.42. The molecule has 4 heteroatoms. The minimum Gasteiger partial charge on any atom is -0.309 e. The fourth-order valence-corrected chi connectivity index (χ4v) is 16.5. The number of para-hydroxylation sites is 5. The number of aromatic nitrogens is 3. The number of fused-ring (bicyclic) bond motifs is 10. The van der Waals surface area contributed by atoms with Crippen LogP contribution in [-0.4, -0.2) is 21.8 Å². The van der Waals surface area contributed by atoms with Crippen LogP contribution >= 0.6 is 0 Å². The Kier molecular flexibility index (Phi) is 9.23. The highest BCUT2D eigenvalue weighted by atomic mass is 28.3. The van der Waals surface area contributed by atoms with E-state index in [4.69, 9.17) is 0 Å². The van der Waals surface area contributed by atoms with Crippen LogP contribution in [0.25, 0.3) is 93.6 Å². The second-order valence-corrected chi connectivity index (χ2v) is 22.2. The number of hydrogen-bond acceptors (Lipinski definition) is 0. The molecule has 11 aromatic carbocycles. The molecular weight excluding hydrogens is 863 g/mol. The summed E-state index contributed by atoms with van der Waals surface area (Å²) in [5.41, 5.74) is 13.1. The molecule has 14 rings (SSSR count). The van der Waals surface area contributed by atoms with Gasteiger partial charge in [-0.1, -0.05) is 194 Å². The molecule has 328 valence electrons. The van der Waals surface area contributed by atoms with Crippen molar-refractivity contribution in [3.63, 3.8) is 0 Å². The van der Waals surface area contributed by atoms with Gasteiger partial charge in [-0.3, -0.25) is 0 Å². The molecule has 0 spiro atoms. The molecule has 3 nitrogen and oxygen atoms in total. The highest BCUT2D eigenvalue weighted by Gasteiger charge is 2.41. The van der Waals surface area contributed by atoms with Crippen LogP contribution in [0.5, 0.6) is 0 Å². The van der Waals surface area contributed by atoms with Gasteiger partial charge in [-0.2, -0.15) is 0 Å². The van der Waals surface area contributed by atoms with Crippen molar-refractivity contribution < 1.29 is 0 Å². The first-order valence-corrected chi connectivity index (χ1v) is 26.2. The lowest BCUT2D eigenvalue weighted by Crippen LogP contribution is -2.74. The van der Waals surface area contributed by atoms with E-state index in [1.54, 1.807) is 0 Å². The van der Waals surface area contributed by atoms with Gasteiger partial charge in [-0.05, 0) is 111 Å². The first kappa shape index (κ1) is 40.1. The number of hydrogen-bond donors (Lipinski definition) is 0. The summed E-state index contributed by atoms with van der Waals surface area (Å²) in [7, 11) is -2.86. The van der Waals surface area contributed by atoms with Crippen LogP contribution < -0.4 is 20.7 Å². The standard InChI is InChI=1S/C66H45N3Si/c1-5-19-48(20-6-1)67-59-30-16-13-27-55(59)58-45-47(35-42-62(58)67)46-33-38-53(39-34-46)70(51-23-9-3-10-24-51,52-25-11-4-12-26-52)54-40-36-50(37-41-54)69-61-32-18-15-29-57(61)66-64(69)44-43-63-65(66)56-28-14-17-31-60(56)68(63)49-21-7-2-8-22-49/h1-45H. The Morgan fingerprint density at radius 3 is 1.04 bits per heavy atom. The van der Waals surface area contributed by atoms with Crippen LogP contribution in [-0.2, 0) is 0 Å². The zero-order valence-corrected chi connectivity index (χ0v) is 39.3. The number of rotatable bonds is 8. The van der Waals surface area contributed by atoms with Crippen molar-refractivity contribution in [1.29, 1.82) is 0 Å². The van der Waals surface area contributed by atoms with E-state index < -0.39 is 8.07 Å². The van der Waals surface area contributed by atoms with Crippen molar-refractivity contribution in [2.24, 2.45) is 0 Å². The molecule has 0 saturated heterocycles. The predicted molar refractivity (Wildman–Crippen MR) is 299 cm³/mol. The normalized spacial score (nSPS) is 12.0. The molecule has 14 aromatic rings. The van der Waals surface area contributed by atoms with Gasteiger partial charge in [0.25, 0.3) is 0 Å². The van der Waals surface area contributed by atoms with E-state index in [0.29, 0.717) is 0 Å². The summed E-state index contributed by atoms with van der Waals surface area (Å²) in [4.78, 5) is 0. The molecule has 0 atom stereocenters. The summed E-state index contributed by atoms with van der Waals surface area (Å²) in [6.07, 6.45) is 0. The minimum atomic E-state index is -2.86. The molecule has 3 aromatic heterocycles. The maximum Gasteiger partial charge on any atom is 0.179 e. The van der Waals surface area contributed by atoms with Gasteiger partial charge < -0.3 is 13.7 Å². The minimum absolute atomic E-state index is 1.14. The van der Waals surface area contributed by atoms with Crippen LogP contribution in [0.15, 0.2) is 273 Å². The molecular formula is C66H45N3Si. The molecule has 0 amide bonds. The van der Waals surface area contributed by atoms with E-state index in [1.807, 2.05) is 0 Å². The Hall–Kier alpha value is -8.96. The van der Waals surface area contributed by atoms with Crippen LogP contribution in [0.3, 0.4) is 0 Å². The van der Waals surface area contributed by atoms with E-state index in [-0.39, 0.29) is 0 Å². The average molecular weight is 908 g/mol. The van der Waals surface area contributed by atoms with Gasteiger partial charge in [0.1, 0.15) is 0 Å². The second-order valence-electron chi connectivity index (χ2n) is 18.4. The smallest absolute Gasteiger partial charge is 0.179 e. The summed E-state index contributed by atoms with van der Waals surface area (Å²) in [6, 6.07) is 101. The monoisotopic (exact) mass is 907 g/mol. The third kappa shape index (κ3) is 6.00. The Balaban J connectivity index is 0.931. The van der Waals surface area contributed by atoms with E-state index in [1.165, 1.54) is 103 Å². The van der Waals surface area contributed by atoms with Gasteiger partial charge in [-0.25, -0.2) is 0 Å². The Morgan fingerprint density at radius 2 is 0.543 bits per heavy atom. The lowest BCUT2D eigenvalue weighted by molar-refractivity contribution is 1.17. The maximum absolute atomic E-state index is 2.86. The van der Waals surface area contributed by atoms with Crippen molar-refractivity contribution in [3.8, 4) is 28.2 Å². The van der Waals surface area contributed by atoms with Crippen molar-refractivity contribution in [2.75, 3.05) is 0 Å². The Bertz CT molecular complexity index is 4210. The Labute approximate surface area is 407 Å². The van der Waals surface area contributed by atoms with Gasteiger partial charge in [0.2, 0.25) is 0 Å². The zero-order chi connectivity index (χ0) is 46.2. The summed E-state index contributed by atoms with van der Waals surface area (Å²) in [6.45, 7) is 0. The van der Waals surface area contributed by atoms with Gasteiger partial charge in [0, 0.05) is 49.4 Å². The van der Waals surface area contributed by atoms with Gasteiger partial charge in [0.05, 0.1) is 33.1 Å². The summed E-state index contributed by atoms with van der Waals surface area (Å²) in [5.74, 6) is 0. The Morgan fingerprint density at radius 1 is 0.214 bits per heavy atom.